The summed E-state index contributed by atoms with van der Waals surface area (Å²) < 4.78 is 110. The van der Waals surface area contributed by atoms with Gasteiger partial charge in [0.05, 0.1) is 44.2 Å². The van der Waals surface area contributed by atoms with E-state index in [0.29, 0.717) is 12.1 Å². The summed E-state index contributed by atoms with van der Waals surface area (Å²) in [6.07, 6.45) is -2.85. The van der Waals surface area contributed by atoms with Crippen molar-refractivity contribution in [3.8, 4) is 23.0 Å². The number of carbonyl (C=O) groups is 6. The SMILES string of the molecule is COC(=O)COC(=O)N(C1CC1)C1c2ccccc2N(C(=O)NCC(=O)c2cccc(OC(F)(F)F)c2)C2CCCC21.COC(=O)COC(=O)N(C1CC1)C1c2ccccc2N(c2nnc(-c3cccc(OC(F)(F)F)c3)o2)C2CCCC21. The van der Waals surface area contributed by atoms with Crippen molar-refractivity contribution in [1.29, 1.82) is 0 Å². The Bertz CT molecular complexity index is 3230. The summed E-state index contributed by atoms with van der Waals surface area (Å²) in [5, 5.41) is 11.0. The lowest BCUT2D eigenvalue weighted by Gasteiger charge is -2.47. The number of carbonyl (C=O) groups excluding carboxylic acids is 6. The number of ketones is 1. The third kappa shape index (κ3) is 13.0. The standard InChI is InChI=1S/C29H30F3N3O7.C28H27F3N4O6/c1-40-25(37)16-41-28(39)34(18-12-13-18)26-20-8-2-3-10-22(20)35(23-11-5-9-21(23)26)27(38)33-15-24(36)17-6-4-7-19(14-17)42-29(30,31)32;1-38-23(36)15-39-27(37)34(17-12-13-17)24-19-8-2-3-10-21(19)35(22-11-5-9-20(22)24)26-33-32-25(40-26)16-6-4-7-18(14-16)41-28(29,30)31/h2-4,6-8,10,14,18,21,23,26H,5,9,11-13,15-16H2,1H3,(H,33,38);2-4,6-8,10,14,17,20,22,24H,5,9,11-13,15H2,1H3. The second kappa shape index (κ2) is 24.1. The Morgan fingerprint density at radius 2 is 1.13 bits per heavy atom. The quantitative estimate of drug-likeness (QED) is 0.0445. The van der Waals surface area contributed by atoms with Crippen molar-refractivity contribution in [3.63, 3.8) is 0 Å². The molecule has 20 nitrogen and oxygen atoms in total. The third-order valence-corrected chi connectivity index (χ3v) is 15.5. The molecule has 11 rings (SSSR count). The number of esters is 2. The van der Waals surface area contributed by atoms with E-state index in [4.69, 9.17) is 13.9 Å². The highest BCUT2D eigenvalue weighted by molar-refractivity contribution is 6.02. The maximum absolute atomic E-state index is 13.6. The summed E-state index contributed by atoms with van der Waals surface area (Å²) in [4.78, 5) is 83.3. The van der Waals surface area contributed by atoms with E-state index in [-0.39, 0.29) is 71.1 Å². The Labute approximate surface area is 470 Å². The minimum Gasteiger partial charge on any atom is -0.466 e. The van der Waals surface area contributed by atoms with Gasteiger partial charge >= 0.3 is 48.9 Å². The molecule has 6 atom stereocenters. The molecule has 5 aromatic rings. The first-order valence-electron chi connectivity index (χ1n) is 27.0. The summed E-state index contributed by atoms with van der Waals surface area (Å²) >= 11 is 0. The van der Waals surface area contributed by atoms with Crippen LogP contribution < -0.4 is 24.6 Å². The molecule has 4 saturated carbocycles. The van der Waals surface area contributed by atoms with Crippen LogP contribution in [0.3, 0.4) is 0 Å². The number of halogens is 6. The molecule has 3 heterocycles. The predicted octanol–water partition coefficient (Wildman–Crippen LogP) is 10.8. The molecule has 4 aliphatic carbocycles. The van der Waals surface area contributed by atoms with Gasteiger partial charge < -0.3 is 38.2 Å². The number of anilines is 3. The number of aromatic nitrogens is 2. The van der Waals surface area contributed by atoms with E-state index in [2.05, 4.69) is 34.5 Å². The van der Waals surface area contributed by atoms with Crippen molar-refractivity contribution >= 4 is 53.3 Å². The van der Waals surface area contributed by atoms with Crippen LogP contribution in [0.25, 0.3) is 11.5 Å². The monoisotopic (exact) mass is 1160 g/mol. The second-order valence-electron chi connectivity index (χ2n) is 20.7. The average Bonchev–Trinajstić information content (AvgIpc) is 2.89. The molecule has 4 fully saturated rings. The van der Waals surface area contributed by atoms with Gasteiger partial charge in [-0.25, -0.2) is 24.0 Å². The summed E-state index contributed by atoms with van der Waals surface area (Å²) in [5.41, 5.74) is 3.25. The Morgan fingerprint density at radius 1 is 0.614 bits per heavy atom. The molecule has 4 amide bonds. The molecule has 0 bridgehead atoms. The summed E-state index contributed by atoms with van der Waals surface area (Å²) in [6, 6.07) is 23.5. The van der Waals surface area contributed by atoms with E-state index in [0.717, 1.165) is 86.7 Å². The molecule has 0 saturated heterocycles. The average molecular weight is 1160 g/mol. The number of nitrogens with zero attached hydrogens (tertiary/aromatic N) is 6. The topological polar surface area (TPSA) is 222 Å². The first-order valence-corrected chi connectivity index (χ1v) is 27.0. The van der Waals surface area contributed by atoms with Gasteiger partial charge in [-0.2, -0.15) is 0 Å². The van der Waals surface area contributed by atoms with Crippen LogP contribution in [-0.4, -0.2) is 127 Å². The van der Waals surface area contributed by atoms with Crippen LogP contribution in [0.5, 0.6) is 11.5 Å². The minimum absolute atomic E-state index is 0.00667. The van der Waals surface area contributed by atoms with Crippen LogP contribution in [0, 0.1) is 11.8 Å². The molecule has 83 heavy (non-hydrogen) atoms. The van der Waals surface area contributed by atoms with Gasteiger partial charge in [0.1, 0.15) is 11.5 Å². The zero-order valence-electron chi connectivity index (χ0n) is 44.8. The van der Waals surface area contributed by atoms with Gasteiger partial charge in [-0.05, 0) is 105 Å². The number of Topliss-reactive ketones (excluding diaryl/α,β-unsaturated/α-hetero) is 1. The number of amides is 4. The smallest absolute Gasteiger partial charge is 0.466 e. The molecule has 0 spiro atoms. The summed E-state index contributed by atoms with van der Waals surface area (Å²) in [6.45, 7) is -1.41. The van der Waals surface area contributed by atoms with E-state index in [1.165, 1.54) is 44.6 Å². The fraction of sp³-hybridized carbons (Fsp3) is 0.439. The largest absolute Gasteiger partial charge is 0.573 e. The normalized spacial score (nSPS) is 21.3. The summed E-state index contributed by atoms with van der Waals surface area (Å²) in [7, 11) is 2.45. The van der Waals surface area contributed by atoms with Crippen molar-refractivity contribution in [2.75, 3.05) is 43.8 Å². The first-order chi connectivity index (χ1) is 39.8. The Morgan fingerprint density at radius 3 is 1.70 bits per heavy atom. The number of hydrogen-bond donors (Lipinski definition) is 1. The number of nitrogens with one attached hydrogen (secondary N) is 1. The molecule has 6 aliphatic rings. The highest BCUT2D eigenvalue weighted by Crippen LogP contribution is 2.55. The number of benzene rings is 4. The predicted molar refractivity (Wildman–Crippen MR) is 279 cm³/mol. The number of hydrogen-bond acceptors (Lipinski definition) is 16. The molecule has 6 unspecified atom stereocenters. The van der Waals surface area contributed by atoms with Gasteiger partial charge in [-0.3, -0.25) is 24.4 Å². The molecule has 26 heteroatoms. The van der Waals surface area contributed by atoms with Crippen molar-refractivity contribution in [2.24, 2.45) is 11.8 Å². The molecule has 2 aliphatic heterocycles. The van der Waals surface area contributed by atoms with Crippen molar-refractivity contribution in [1.82, 2.24) is 25.3 Å². The lowest BCUT2D eigenvalue weighted by Crippen LogP contribution is -2.55. The van der Waals surface area contributed by atoms with Crippen molar-refractivity contribution < 1.29 is 87.9 Å². The zero-order chi connectivity index (χ0) is 58.7. The molecule has 440 valence electrons. The number of alkyl halides is 6. The van der Waals surface area contributed by atoms with E-state index >= 15 is 0 Å². The van der Waals surface area contributed by atoms with E-state index in [1.807, 2.05) is 41.3 Å². The van der Waals surface area contributed by atoms with Gasteiger partial charge in [0, 0.05) is 47.1 Å². The maximum Gasteiger partial charge on any atom is 0.573 e. The van der Waals surface area contributed by atoms with E-state index in [9.17, 15) is 55.1 Å². The molecule has 4 aromatic carbocycles. The number of urea groups is 1. The highest BCUT2D eigenvalue weighted by atomic mass is 19.4. The Balaban J connectivity index is 0.000000185. The van der Waals surface area contributed by atoms with Gasteiger partial charge in [-0.15, -0.1) is 31.4 Å². The molecule has 0 radical (unpaired) electrons. The van der Waals surface area contributed by atoms with E-state index in [1.54, 1.807) is 32.9 Å². The number of rotatable bonds is 15. The van der Waals surface area contributed by atoms with Crippen LogP contribution in [-0.2, 0) is 28.5 Å². The van der Waals surface area contributed by atoms with E-state index < -0.39 is 79.9 Å². The number of ether oxygens (including phenoxy) is 6. The molecule has 1 aromatic heterocycles. The fourth-order valence-corrected chi connectivity index (χ4v) is 11.9. The van der Waals surface area contributed by atoms with Gasteiger partial charge in [0.25, 0.3) is 0 Å². The van der Waals surface area contributed by atoms with Crippen molar-refractivity contribution in [2.45, 2.75) is 113 Å². The lowest BCUT2D eigenvalue weighted by molar-refractivity contribution is -0.275. The van der Waals surface area contributed by atoms with Crippen LogP contribution in [0.4, 0.5) is 58.1 Å². The van der Waals surface area contributed by atoms with Crippen molar-refractivity contribution in [3.05, 3.63) is 114 Å². The lowest BCUT2D eigenvalue weighted by atomic mass is 9.82. The Kier molecular flexibility index (Phi) is 16.7. The van der Waals surface area contributed by atoms with Gasteiger partial charge in [-0.1, -0.05) is 72.5 Å². The first kappa shape index (κ1) is 57.6. The van der Waals surface area contributed by atoms with Crippen LogP contribution >= 0.6 is 0 Å². The number of methoxy groups -OCH3 is 2. The zero-order valence-corrected chi connectivity index (χ0v) is 44.8. The minimum atomic E-state index is -4.90. The van der Waals surface area contributed by atoms with Gasteiger partial charge in [0.2, 0.25) is 5.89 Å². The molecular formula is C57H57F6N7O13. The number of fused-ring (bicyclic) bond motifs is 4. The molecule has 1 N–H and O–H groups in total. The van der Waals surface area contributed by atoms with Crippen LogP contribution in [0.2, 0.25) is 0 Å². The third-order valence-electron chi connectivity index (χ3n) is 15.5. The second-order valence-corrected chi connectivity index (χ2v) is 20.7. The van der Waals surface area contributed by atoms with Crippen LogP contribution in [0.15, 0.2) is 101 Å². The highest BCUT2D eigenvalue weighted by Gasteiger charge is 2.54. The van der Waals surface area contributed by atoms with Gasteiger partial charge in [0.15, 0.2) is 19.0 Å². The van der Waals surface area contributed by atoms with Crippen LogP contribution in [0.1, 0.15) is 97.8 Å². The maximum atomic E-state index is 13.6. The molecular weight excluding hydrogens is 1100 g/mol. The number of para-hydroxylation sites is 2. The fourth-order valence-electron chi connectivity index (χ4n) is 11.9. The Hall–Kier alpha value is -8.58. The summed E-state index contributed by atoms with van der Waals surface area (Å²) in [5.74, 6) is -2.88.